The van der Waals surface area contributed by atoms with E-state index < -0.39 is 10.0 Å². The maximum absolute atomic E-state index is 11.7. The van der Waals surface area contributed by atoms with Gasteiger partial charge in [-0.2, -0.15) is 0 Å². The van der Waals surface area contributed by atoms with Crippen molar-refractivity contribution in [1.82, 2.24) is 14.7 Å². The van der Waals surface area contributed by atoms with Crippen molar-refractivity contribution in [3.05, 3.63) is 47.5 Å². The molecule has 0 aliphatic carbocycles. The van der Waals surface area contributed by atoms with Crippen LogP contribution in [0.1, 0.15) is 25.5 Å². The normalized spacial score (nSPS) is 12.1. The van der Waals surface area contributed by atoms with Crippen LogP contribution in [-0.4, -0.2) is 23.1 Å². The molecule has 29 heavy (non-hydrogen) atoms. The lowest BCUT2D eigenvalue weighted by atomic mass is 10.3. The molecule has 0 bridgehead atoms. The number of fused-ring (bicyclic) bond motifs is 1. The third-order valence-electron chi connectivity index (χ3n) is 4.42. The number of thiophene rings is 1. The first-order valence-electron chi connectivity index (χ1n) is 9.11. The Labute approximate surface area is 177 Å². The average molecular weight is 449 g/mol. The molecule has 152 valence electrons. The van der Waals surface area contributed by atoms with E-state index in [9.17, 15) is 8.42 Å². The minimum Gasteiger partial charge on any atom is -0.355 e. The quantitative estimate of drug-likeness (QED) is 0.398. The molecule has 0 amide bonds. The minimum absolute atomic E-state index is 0.0683. The summed E-state index contributed by atoms with van der Waals surface area (Å²) in [4.78, 5) is 5.77. The number of imidazole rings is 1. The molecule has 0 aliphatic rings. The van der Waals surface area contributed by atoms with E-state index in [1.807, 2.05) is 23.6 Å². The zero-order valence-electron chi connectivity index (χ0n) is 15.7. The van der Waals surface area contributed by atoms with Gasteiger partial charge in [0.25, 0.3) is 0 Å². The Morgan fingerprint density at radius 2 is 2.14 bits per heavy atom. The molecule has 0 fully saturated rings. The van der Waals surface area contributed by atoms with Crippen molar-refractivity contribution in [2.75, 3.05) is 0 Å². The van der Waals surface area contributed by atoms with E-state index in [-0.39, 0.29) is 4.90 Å². The summed E-state index contributed by atoms with van der Waals surface area (Å²) in [6, 6.07) is 10.7. The zero-order valence-corrected chi connectivity index (χ0v) is 18.2. The van der Waals surface area contributed by atoms with Crippen LogP contribution in [0.25, 0.3) is 21.7 Å². The van der Waals surface area contributed by atoms with Crippen LogP contribution < -0.4 is 5.14 Å². The highest BCUT2D eigenvalue weighted by Gasteiger charge is 2.16. The first-order valence-corrected chi connectivity index (χ1v) is 12.5. The zero-order chi connectivity index (χ0) is 20.4. The first kappa shape index (κ1) is 20.1. The van der Waals surface area contributed by atoms with Gasteiger partial charge in [0.1, 0.15) is 0 Å². The fourth-order valence-electron chi connectivity index (χ4n) is 2.96. The van der Waals surface area contributed by atoms with Crippen LogP contribution in [0, 0.1) is 0 Å². The molecule has 2 N–H and O–H groups in total. The maximum atomic E-state index is 11.7. The number of rotatable bonds is 8. The molecule has 3 heterocycles. The van der Waals surface area contributed by atoms with Gasteiger partial charge >= 0.3 is 0 Å². The summed E-state index contributed by atoms with van der Waals surface area (Å²) >= 11 is 3.16. The van der Waals surface area contributed by atoms with Gasteiger partial charge in [-0.25, -0.2) is 18.5 Å². The van der Waals surface area contributed by atoms with Crippen LogP contribution in [0.4, 0.5) is 0 Å². The summed E-state index contributed by atoms with van der Waals surface area (Å²) in [6.45, 7) is 2.94. The number of thioether (sulfide) groups is 1. The third kappa shape index (κ3) is 4.40. The summed E-state index contributed by atoms with van der Waals surface area (Å²) in [6.07, 6.45) is 2.05. The number of sulfonamides is 1. The van der Waals surface area contributed by atoms with Gasteiger partial charge in [-0.3, -0.25) is 0 Å². The molecule has 0 radical (unpaired) electrons. The molecule has 0 aliphatic heterocycles. The van der Waals surface area contributed by atoms with Crippen molar-refractivity contribution in [1.29, 1.82) is 0 Å². The predicted molar refractivity (Wildman–Crippen MR) is 115 cm³/mol. The van der Waals surface area contributed by atoms with Gasteiger partial charge in [-0.15, -0.1) is 11.3 Å². The molecule has 1 aromatic carbocycles. The number of nitrogens with zero attached hydrogens (tertiary/aromatic N) is 3. The van der Waals surface area contributed by atoms with Crippen LogP contribution in [-0.2, 0) is 22.3 Å². The number of hydrogen-bond acceptors (Lipinski definition) is 7. The van der Waals surface area contributed by atoms with Gasteiger partial charge in [-0.05, 0) is 36.1 Å². The summed E-state index contributed by atoms with van der Waals surface area (Å²) < 4.78 is 30.9. The van der Waals surface area contributed by atoms with Gasteiger partial charge in [0.05, 0.1) is 26.5 Å². The SMILES string of the molecule is CCCCn1c(SCc2cc(-c3cccs3)on2)nc2cc(S(N)(=O)=O)ccc21. The smallest absolute Gasteiger partial charge is 0.238 e. The highest BCUT2D eigenvalue weighted by Crippen LogP contribution is 2.30. The molecule has 0 atom stereocenters. The van der Waals surface area contributed by atoms with Gasteiger partial charge in [0.15, 0.2) is 10.9 Å². The van der Waals surface area contributed by atoms with Crippen molar-refractivity contribution in [3.8, 4) is 10.6 Å². The van der Waals surface area contributed by atoms with E-state index in [1.54, 1.807) is 29.2 Å². The predicted octanol–water partition coefficient (Wildman–Crippen LogP) is 4.49. The molecule has 0 spiro atoms. The summed E-state index contributed by atoms with van der Waals surface area (Å²) in [7, 11) is -3.77. The Kier molecular flexibility index (Phi) is 5.77. The average Bonchev–Trinajstić information content (AvgIpc) is 3.42. The number of unbranched alkanes of at least 4 members (excludes halogenated alkanes) is 1. The van der Waals surface area contributed by atoms with Crippen molar-refractivity contribution >= 4 is 44.2 Å². The van der Waals surface area contributed by atoms with Crippen LogP contribution in [0.3, 0.4) is 0 Å². The molecule has 10 heteroatoms. The number of aryl methyl sites for hydroxylation is 1. The highest BCUT2D eigenvalue weighted by atomic mass is 32.2. The van der Waals surface area contributed by atoms with E-state index in [1.165, 1.54) is 12.1 Å². The number of benzene rings is 1. The van der Waals surface area contributed by atoms with Crippen molar-refractivity contribution in [2.24, 2.45) is 5.14 Å². The Hall–Kier alpha value is -2.14. The molecule has 3 aromatic heterocycles. The summed E-state index contributed by atoms with van der Waals surface area (Å²) in [5, 5.41) is 12.2. The van der Waals surface area contributed by atoms with Gasteiger partial charge in [0, 0.05) is 18.4 Å². The monoisotopic (exact) mass is 448 g/mol. The second-order valence-corrected chi connectivity index (χ2v) is 10.00. The van der Waals surface area contributed by atoms with Gasteiger partial charge in [-0.1, -0.05) is 36.3 Å². The molecular formula is C19H20N4O3S3. The van der Waals surface area contributed by atoms with E-state index in [4.69, 9.17) is 9.66 Å². The molecule has 0 saturated heterocycles. The van der Waals surface area contributed by atoms with Gasteiger partial charge in [0.2, 0.25) is 10.0 Å². The number of hydrogen-bond donors (Lipinski definition) is 1. The maximum Gasteiger partial charge on any atom is 0.238 e. The topological polar surface area (TPSA) is 104 Å². The molecule has 7 nitrogen and oxygen atoms in total. The van der Waals surface area contributed by atoms with Gasteiger partial charge < -0.3 is 9.09 Å². The van der Waals surface area contributed by atoms with Crippen LogP contribution >= 0.6 is 23.1 Å². The third-order valence-corrected chi connectivity index (χ3v) is 7.23. The molecule has 4 aromatic rings. The lowest BCUT2D eigenvalue weighted by Gasteiger charge is -2.07. The Morgan fingerprint density at radius 3 is 2.86 bits per heavy atom. The summed E-state index contributed by atoms with van der Waals surface area (Å²) in [5.74, 6) is 1.36. The Bertz CT molecular complexity index is 1230. The fourth-order valence-corrected chi connectivity index (χ4v) is 5.09. The Balaban J connectivity index is 1.61. The first-order chi connectivity index (χ1) is 14.0. The van der Waals surface area contributed by atoms with E-state index in [0.717, 1.165) is 46.4 Å². The Morgan fingerprint density at radius 1 is 1.28 bits per heavy atom. The van der Waals surface area contributed by atoms with Crippen molar-refractivity contribution < 1.29 is 12.9 Å². The second kappa shape index (κ2) is 8.31. The van der Waals surface area contributed by atoms with Crippen molar-refractivity contribution in [2.45, 2.75) is 42.1 Å². The molecule has 0 saturated carbocycles. The standard InChI is InChI=1S/C19H20N4O3S3/c1-2-3-8-23-16-7-6-14(29(20,24)25)11-15(16)21-19(23)28-12-13-10-17(26-22-13)18-5-4-9-27-18/h4-7,9-11H,2-3,8,12H2,1H3,(H2,20,24,25). The molecule has 4 rings (SSSR count). The van der Waals surface area contributed by atoms with Crippen LogP contribution in [0.5, 0.6) is 0 Å². The lowest BCUT2D eigenvalue weighted by molar-refractivity contribution is 0.427. The number of primary sulfonamides is 1. The molecule has 0 unspecified atom stereocenters. The van der Waals surface area contributed by atoms with Crippen LogP contribution in [0.15, 0.2) is 56.4 Å². The second-order valence-electron chi connectivity index (χ2n) is 6.54. The van der Waals surface area contributed by atoms with Crippen LogP contribution in [0.2, 0.25) is 0 Å². The van der Waals surface area contributed by atoms with E-state index >= 15 is 0 Å². The molecular weight excluding hydrogens is 428 g/mol. The lowest BCUT2D eigenvalue weighted by Crippen LogP contribution is -2.11. The largest absolute Gasteiger partial charge is 0.355 e. The minimum atomic E-state index is -3.77. The number of aromatic nitrogens is 3. The highest BCUT2D eigenvalue weighted by molar-refractivity contribution is 7.98. The fraction of sp³-hybridized carbons (Fsp3) is 0.263. The van der Waals surface area contributed by atoms with E-state index in [2.05, 4.69) is 21.6 Å². The van der Waals surface area contributed by atoms with E-state index in [0.29, 0.717) is 11.3 Å². The van der Waals surface area contributed by atoms with Crippen molar-refractivity contribution in [3.63, 3.8) is 0 Å². The summed E-state index contributed by atoms with van der Waals surface area (Å²) in [5.41, 5.74) is 2.35. The number of nitrogens with two attached hydrogens (primary N) is 1.